The molecule has 0 spiro atoms. The first-order valence-corrected chi connectivity index (χ1v) is 17.7. The molecule has 5 aliphatic rings. The second kappa shape index (κ2) is 14.5. The second-order valence-electron chi connectivity index (χ2n) is 15.1. The third-order valence-corrected chi connectivity index (χ3v) is 11.9. The maximum atomic E-state index is 14.3. The normalized spacial score (nSPS) is 35.2. The van der Waals surface area contributed by atoms with Crippen molar-refractivity contribution < 1.29 is 69.4 Å². The van der Waals surface area contributed by atoms with Crippen molar-refractivity contribution in [3.63, 3.8) is 0 Å². The molecule has 2 heterocycles. The van der Waals surface area contributed by atoms with Crippen LogP contribution in [0.3, 0.4) is 0 Å². The van der Waals surface area contributed by atoms with Gasteiger partial charge in [0.25, 0.3) is 0 Å². The number of ether oxygens (including phenoxy) is 7. The number of carbonyl (C=O) groups excluding carboxylic acids is 3. The van der Waals surface area contributed by atoms with Crippen LogP contribution in [0.25, 0.3) is 0 Å². The van der Waals surface area contributed by atoms with Crippen LogP contribution in [-0.4, -0.2) is 79.0 Å². The van der Waals surface area contributed by atoms with Gasteiger partial charge in [0.15, 0.2) is 12.4 Å². The standard InChI is InChI=1S/C40H47O11.Co/c1-20-30(47-22(3)41)18-40(39(5,6)44)33(20)35(48-23(4)42)34-21(2)31-29(49-38(50-34)25-13-15-26(45-7)16-14-25)17-28-27(19-46-28)32(31)36(40)51-37(43)24-11-9-8-10-12-24;/h8-16,21,28-32,34-36,38,44H,17-19H2,1-7H3;/q-1;/t21-,28+,29-,30-,31?,32+,34+,35+,36-,38?,40-;/m0./s1. The Morgan fingerprint density at radius 3 is 2.21 bits per heavy atom. The Balaban J connectivity index is 0.00000464. The summed E-state index contributed by atoms with van der Waals surface area (Å²) in [7, 11) is 1.60. The van der Waals surface area contributed by atoms with Crippen molar-refractivity contribution in [2.24, 2.45) is 23.2 Å². The summed E-state index contributed by atoms with van der Waals surface area (Å²) in [5, 5.41) is 12.6. The van der Waals surface area contributed by atoms with Crippen LogP contribution in [0, 0.1) is 29.1 Å². The smallest absolute Gasteiger partial charge is 0.338 e. The van der Waals surface area contributed by atoms with Gasteiger partial charge in [-0.25, -0.2) is 4.79 Å². The SMILES string of the molecule is COc1ccc(C2O[C@H]3[C@H](OC(C)=O)C4=C(C)[C@@H](OC(C)=O)C[C@@]4(C(C)(C)O)[C@@H](OC(=O)c4ccccc4)[C@@H]4[C-]5CO[C@@H]5C[C@H](O2)C4[C@@H]3C)cc1.[Co]. The molecule has 11 nitrogen and oxygen atoms in total. The molecule has 2 aromatic carbocycles. The third-order valence-electron chi connectivity index (χ3n) is 11.9. The number of hydrogen-bond acceptors (Lipinski definition) is 11. The molecule has 2 unspecified atom stereocenters. The summed E-state index contributed by atoms with van der Waals surface area (Å²) < 4.78 is 44.5. The van der Waals surface area contributed by atoms with E-state index in [1.807, 2.05) is 37.3 Å². The number of benzene rings is 2. The van der Waals surface area contributed by atoms with Crippen LogP contribution in [0.2, 0.25) is 0 Å². The van der Waals surface area contributed by atoms with E-state index in [2.05, 4.69) is 6.92 Å². The fraction of sp³-hybridized carbons (Fsp3) is 0.550. The molecule has 12 heteroatoms. The fourth-order valence-corrected chi connectivity index (χ4v) is 9.62. The van der Waals surface area contributed by atoms with Crippen molar-refractivity contribution in [1.29, 1.82) is 0 Å². The molecular weight excluding hydrogens is 715 g/mol. The molecule has 0 amide bonds. The van der Waals surface area contributed by atoms with E-state index >= 15 is 0 Å². The summed E-state index contributed by atoms with van der Waals surface area (Å²) in [5.74, 6) is -0.966. The summed E-state index contributed by atoms with van der Waals surface area (Å²) in [6.07, 6.45) is -4.58. The van der Waals surface area contributed by atoms with Gasteiger partial charge >= 0.3 is 17.9 Å². The van der Waals surface area contributed by atoms with Gasteiger partial charge in [0.2, 0.25) is 0 Å². The van der Waals surface area contributed by atoms with Gasteiger partial charge in [-0.1, -0.05) is 50.0 Å². The fourth-order valence-electron chi connectivity index (χ4n) is 9.62. The van der Waals surface area contributed by atoms with Gasteiger partial charge < -0.3 is 38.3 Å². The van der Waals surface area contributed by atoms with Gasteiger partial charge in [-0.2, -0.15) is 0 Å². The summed E-state index contributed by atoms with van der Waals surface area (Å²) in [4.78, 5) is 40.0. The molecular formula is C40H47CoO11-. The van der Waals surface area contributed by atoms with Crippen LogP contribution in [-0.2, 0) is 54.8 Å². The van der Waals surface area contributed by atoms with Crippen molar-refractivity contribution in [2.75, 3.05) is 13.7 Å². The minimum atomic E-state index is -1.61. The van der Waals surface area contributed by atoms with E-state index in [0.29, 0.717) is 35.5 Å². The van der Waals surface area contributed by atoms with Gasteiger partial charge in [-0.15, -0.1) is 5.92 Å². The predicted octanol–water partition coefficient (Wildman–Crippen LogP) is 5.30. The Morgan fingerprint density at radius 1 is 0.962 bits per heavy atom. The second-order valence-corrected chi connectivity index (χ2v) is 15.1. The largest absolute Gasteiger partial charge is 0.497 e. The van der Waals surface area contributed by atoms with Crippen LogP contribution in [0.4, 0.5) is 0 Å². The van der Waals surface area contributed by atoms with Crippen LogP contribution >= 0.6 is 0 Å². The number of fused-ring (bicyclic) bond motifs is 4. The number of aliphatic hydroxyl groups is 1. The molecule has 2 saturated carbocycles. The van der Waals surface area contributed by atoms with Crippen LogP contribution < -0.4 is 4.74 Å². The third kappa shape index (κ3) is 6.39. The summed E-state index contributed by atoms with van der Waals surface area (Å²) >= 11 is 0. The Kier molecular flexibility index (Phi) is 10.7. The summed E-state index contributed by atoms with van der Waals surface area (Å²) in [6.45, 7) is 10.3. The van der Waals surface area contributed by atoms with Crippen LogP contribution in [0.5, 0.6) is 5.75 Å². The molecule has 4 fully saturated rings. The number of rotatable bonds is 7. The van der Waals surface area contributed by atoms with Crippen molar-refractivity contribution in [3.05, 3.63) is 82.8 Å². The minimum absolute atomic E-state index is 0. The maximum Gasteiger partial charge on any atom is 0.338 e. The Morgan fingerprint density at radius 2 is 1.63 bits per heavy atom. The van der Waals surface area contributed by atoms with E-state index in [9.17, 15) is 19.5 Å². The van der Waals surface area contributed by atoms with Crippen molar-refractivity contribution in [3.8, 4) is 5.75 Å². The first-order chi connectivity index (χ1) is 24.2. The topological polar surface area (TPSA) is 136 Å². The molecule has 7 rings (SSSR count). The van der Waals surface area contributed by atoms with E-state index in [1.54, 1.807) is 45.2 Å². The zero-order chi connectivity index (χ0) is 36.4. The number of esters is 3. The monoisotopic (exact) mass is 762 g/mol. The summed E-state index contributed by atoms with van der Waals surface area (Å²) in [5.41, 5.74) is -0.798. The van der Waals surface area contributed by atoms with Gasteiger partial charge in [-0.3, -0.25) is 15.5 Å². The minimum Gasteiger partial charge on any atom is -0.497 e. The van der Waals surface area contributed by atoms with Crippen molar-refractivity contribution in [2.45, 2.75) is 103 Å². The first-order valence-electron chi connectivity index (χ1n) is 17.7. The van der Waals surface area contributed by atoms with Crippen LogP contribution in [0.1, 0.15) is 76.6 Å². The number of hydrogen-bond donors (Lipinski definition) is 1. The molecule has 2 aliphatic heterocycles. The van der Waals surface area contributed by atoms with E-state index in [4.69, 9.17) is 33.2 Å². The molecule has 1 N–H and O–H groups in total. The zero-order valence-electron chi connectivity index (χ0n) is 30.5. The molecule has 283 valence electrons. The van der Waals surface area contributed by atoms with E-state index < -0.39 is 71.7 Å². The molecule has 52 heavy (non-hydrogen) atoms. The molecule has 2 saturated heterocycles. The predicted molar refractivity (Wildman–Crippen MR) is 182 cm³/mol. The quantitative estimate of drug-likeness (QED) is 0.170. The van der Waals surface area contributed by atoms with E-state index in [0.717, 1.165) is 11.5 Å². The van der Waals surface area contributed by atoms with Crippen molar-refractivity contribution >= 4 is 17.9 Å². The first kappa shape index (κ1) is 38.5. The maximum absolute atomic E-state index is 14.3. The zero-order valence-corrected chi connectivity index (χ0v) is 31.5. The Hall–Kier alpha value is -3.26. The Bertz CT molecular complexity index is 1690. The van der Waals surface area contributed by atoms with Gasteiger partial charge in [0.05, 0.1) is 35.9 Å². The molecule has 3 aliphatic carbocycles. The van der Waals surface area contributed by atoms with Gasteiger partial charge in [0.1, 0.15) is 18.0 Å². The average molecular weight is 763 g/mol. The van der Waals surface area contributed by atoms with E-state index in [-0.39, 0.29) is 41.1 Å². The molecule has 1 radical (unpaired) electrons. The van der Waals surface area contributed by atoms with Gasteiger partial charge in [0, 0.05) is 42.6 Å². The van der Waals surface area contributed by atoms with Crippen molar-refractivity contribution in [1.82, 2.24) is 0 Å². The number of methoxy groups -OCH3 is 1. The molecule has 0 aromatic heterocycles. The molecule has 11 atom stereocenters. The summed E-state index contributed by atoms with van der Waals surface area (Å²) in [6, 6.07) is 16.2. The van der Waals surface area contributed by atoms with Gasteiger partial charge in [-0.05, 0) is 74.4 Å². The molecule has 2 aromatic rings. The Labute approximate surface area is 314 Å². The molecule has 2 bridgehead atoms. The van der Waals surface area contributed by atoms with E-state index in [1.165, 1.54) is 13.8 Å². The average Bonchev–Trinajstić information content (AvgIpc) is 3.26. The van der Waals surface area contributed by atoms with Crippen LogP contribution in [0.15, 0.2) is 65.7 Å². The number of carbonyl (C=O) groups is 3.